The number of nitrogens with zero attached hydrogens (tertiary/aromatic N) is 2. The zero-order valence-electron chi connectivity index (χ0n) is 4.81. The molecule has 0 bridgehead atoms. The lowest BCUT2D eigenvalue weighted by Crippen LogP contribution is -2.05. The van der Waals surface area contributed by atoms with Gasteiger partial charge in [0.2, 0.25) is 0 Å². The fourth-order valence-electron chi connectivity index (χ4n) is 0.691. The molecule has 0 radical (unpaired) electrons. The van der Waals surface area contributed by atoms with Crippen LogP contribution in [0, 0.1) is 0 Å². The highest BCUT2D eigenvalue weighted by Gasteiger charge is 2.10. The lowest BCUT2D eigenvalue weighted by atomic mass is 10.6. The maximum Gasteiger partial charge on any atom is 0.0235 e. The summed E-state index contributed by atoms with van der Waals surface area (Å²) in [6.07, 6.45) is 0. The molecule has 0 aromatic carbocycles. The van der Waals surface area contributed by atoms with Crippen molar-refractivity contribution < 1.29 is 0 Å². The Balaban J connectivity index is 2.26. The van der Waals surface area contributed by atoms with E-state index in [0.717, 1.165) is 8.88 Å². The van der Waals surface area contributed by atoms with Crippen LogP contribution in [0.5, 0.6) is 0 Å². The normalized spacial score (nSPS) is 26.6. The second-order valence-corrected chi connectivity index (χ2v) is 3.67. The topological polar surface area (TPSA) is 6.48 Å². The molecule has 0 spiro atoms. The molecule has 2 nitrogen and oxygen atoms in total. The van der Waals surface area contributed by atoms with E-state index < -0.39 is 0 Å². The molecule has 0 aromatic heterocycles. The Hall–Kier alpha value is 0.350. The van der Waals surface area contributed by atoms with Gasteiger partial charge in [-0.2, -0.15) is 0 Å². The molecule has 1 aliphatic rings. The van der Waals surface area contributed by atoms with Gasteiger partial charge in [0.15, 0.2) is 0 Å². The molecule has 3 heteroatoms. The molecule has 0 N–H and O–H groups in total. The molecule has 1 aliphatic heterocycles. The molecule has 0 atom stereocenters. The predicted octanol–water partition coefficient (Wildman–Crippen LogP) is 0.372. The molecule has 7 heavy (non-hydrogen) atoms. The summed E-state index contributed by atoms with van der Waals surface area (Å²) in [6.45, 7) is 2.49. The van der Waals surface area contributed by atoms with Crippen LogP contribution in [0.2, 0.25) is 0 Å². The van der Waals surface area contributed by atoms with Gasteiger partial charge in [-0.05, 0) is 14.1 Å². The summed E-state index contributed by atoms with van der Waals surface area (Å²) < 4.78 is 4.67. The summed E-state index contributed by atoms with van der Waals surface area (Å²) in [5.74, 6) is 0. The fourth-order valence-corrected chi connectivity index (χ4v) is 1.67. The van der Waals surface area contributed by atoms with Crippen LogP contribution in [-0.2, 0) is 0 Å². The first-order valence-electron chi connectivity index (χ1n) is 2.47. The second-order valence-electron chi connectivity index (χ2n) is 1.94. The van der Waals surface area contributed by atoms with E-state index in [4.69, 9.17) is 0 Å². The minimum atomic E-state index is 0.923. The Labute approximate surface area is 46.4 Å². The van der Waals surface area contributed by atoms with Crippen molar-refractivity contribution in [1.82, 2.24) is 9.34 Å². The summed E-state index contributed by atoms with van der Waals surface area (Å²) in [5, 5.41) is 0. The van der Waals surface area contributed by atoms with Gasteiger partial charge in [0.25, 0.3) is 0 Å². The van der Waals surface area contributed by atoms with Crippen LogP contribution in [-0.4, -0.2) is 36.5 Å². The van der Waals surface area contributed by atoms with Crippen molar-refractivity contribution in [1.29, 1.82) is 0 Å². The van der Waals surface area contributed by atoms with Crippen molar-refractivity contribution in [2.45, 2.75) is 0 Å². The van der Waals surface area contributed by atoms with E-state index in [-0.39, 0.29) is 0 Å². The maximum absolute atomic E-state index is 2.33. The van der Waals surface area contributed by atoms with Crippen LogP contribution < -0.4 is 0 Å². The van der Waals surface area contributed by atoms with E-state index in [2.05, 4.69) is 23.4 Å². The lowest BCUT2D eigenvalue weighted by Gasteiger charge is -2.05. The molecule has 42 valence electrons. The smallest absolute Gasteiger partial charge is 0.0235 e. The highest BCUT2D eigenvalue weighted by molar-refractivity contribution is 7.32. The summed E-state index contributed by atoms with van der Waals surface area (Å²) in [6, 6.07) is 0. The quantitative estimate of drug-likeness (QED) is 0.424. The van der Waals surface area contributed by atoms with E-state index in [1.165, 1.54) is 13.1 Å². The van der Waals surface area contributed by atoms with E-state index in [9.17, 15) is 0 Å². The third-order valence-electron chi connectivity index (χ3n) is 1.11. The molecule has 0 aliphatic carbocycles. The van der Waals surface area contributed by atoms with Crippen molar-refractivity contribution >= 4 is 8.88 Å². The molecule has 0 saturated carbocycles. The summed E-state index contributed by atoms with van der Waals surface area (Å²) >= 11 is 0. The average molecular weight is 118 g/mol. The van der Waals surface area contributed by atoms with Crippen molar-refractivity contribution in [3.8, 4) is 0 Å². The van der Waals surface area contributed by atoms with E-state index in [1.54, 1.807) is 0 Å². The van der Waals surface area contributed by atoms with Gasteiger partial charge in [-0.25, -0.2) is 0 Å². The van der Waals surface area contributed by atoms with Crippen LogP contribution in [0.15, 0.2) is 0 Å². The summed E-state index contributed by atoms with van der Waals surface area (Å²) in [7, 11) is 5.23. The molecule has 1 saturated heterocycles. The highest BCUT2D eigenvalue weighted by atomic mass is 31.1. The van der Waals surface area contributed by atoms with Gasteiger partial charge in [-0.1, -0.05) is 0 Å². The number of hydrogen-bond acceptors (Lipinski definition) is 2. The molecule has 1 fully saturated rings. The Morgan fingerprint density at radius 3 is 1.71 bits per heavy atom. The Morgan fingerprint density at radius 2 is 1.57 bits per heavy atom. The Kier molecular flexibility index (Phi) is 1.63. The van der Waals surface area contributed by atoms with Crippen LogP contribution >= 0.6 is 8.88 Å². The first kappa shape index (κ1) is 5.49. The largest absolute Gasteiger partial charge is 0.274 e. The monoisotopic (exact) mass is 118 g/mol. The summed E-state index contributed by atoms with van der Waals surface area (Å²) in [4.78, 5) is 0. The fraction of sp³-hybridized carbons (Fsp3) is 1.00. The number of hydrogen-bond donors (Lipinski definition) is 0. The lowest BCUT2D eigenvalue weighted by molar-refractivity contribution is 0.553. The van der Waals surface area contributed by atoms with Crippen LogP contribution in [0.1, 0.15) is 0 Å². The van der Waals surface area contributed by atoms with Crippen LogP contribution in [0.3, 0.4) is 0 Å². The third-order valence-corrected chi connectivity index (χ3v) is 2.24. The molecule has 0 unspecified atom stereocenters. The molecule has 1 rings (SSSR count). The average Bonchev–Trinajstić information content (AvgIpc) is 1.87. The molecule has 0 aromatic rings. The number of likely N-dealkylation sites (N-methyl/N-ethyl adjacent to an activating group) is 2. The minimum Gasteiger partial charge on any atom is -0.274 e. The van der Waals surface area contributed by atoms with Gasteiger partial charge in [-0.15, -0.1) is 0 Å². The molecular weight excluding hydrogens is 107 g/mol. The SMILES string of the molecule is CN1CCN(C)P1. The minimum absolute atomic E-state index is 0.923. The van der Waals surface area contributed by atoms with E-state index >= 15 is 0 Å². The van der Waals surface area contributed by atoms with Crippen molar-refractivity contribution in [3.63, 3.8) is 0 Å². The van der Waals surface area contributed by atoms with Gasteiger partial charge in [-0.3, -0.25) is 9.34 Å². The first-order valence-corrected chi connectivity index (χ1v) is 3.37. The molecular formula is C4H11N2P. The number of rotatable bonds is 0. The standard InChI is InChI=1S/C4H11N2P/c1-5-3-4-6(2)7-5/h7H,3-4H2,1-2H3. The summed E-state index contributed by atoms with van der Waals surface area (Å²) in [5.41, 5.74) is 0. The van der Waals surface area contributed by atoms with Gasteiger partial charge in [0, 0.05) is 22.0 Å². The van der Waals surface area contributed by atoms with Crippen molar-refractivity contribution in [3.05, 3.63) is 0 Å². The van der Waals surface area contributed by atoms with Crippen molar-refractivity contribution in [2.75, 3.05) is 27.2 Å². The van der Waals surface area contributed by atoms with E-state index in [0.29, 0.717) is 0 Å². The van der Waals surface area contributed by atoms with Crippen molar-refractivity contribution in [2.24, 2.45) is 0 Å². The third kappa shape index (κ3) is 1.37. The zero-order valence-corrected chi connectivity index (χ0v) is 5.81. The second kappa shape index (κ2) is 2.08. The van der Waals surface area contributed by atoms with Gasteiger partial charge in [0.1, 0.15) is 0 Å². The Morgan fingerprint density at radius 1 is 1.14 bits per heavy atom. The zero-order chi connectivity index (χ0) is 5.28. The predicted molar refractivity (Wildman–Crippen MR) is 33.6 cm³/mol. The Bertz CT molecular complexity index is 58.7. The van der Waals surface area contributed by atoms with Crippen LogP contribution in [0.4, 0.5) is 0 Å². The molecule has 0 amide bonds. The maximum atomic E-state index is 2.33. The van der Waals surface area contributed by atoms with Gasteiger partial charge < -0.3 is 0 Å². The van der Waals surface area contributed by atoms with Gasteiger partial charge in [0.05, 0.1) is 0 Å². The highest BCUT2D eigenvalue weighted by Crippen LogP contribution is 2.24. The van der Waals surface area contributed by atoms with Gasteiger partial charge >= 0.3 is 0 Å². The van der Waals surface area contributed by atoms with Crippen LogP contribution in [0.25, 0.3) is 0 Å². The first-order chi connectivity index (χ1) is 3.29. The molecule has 1 heterocycles. The van der Waals surface area contributed by atoms with E-state index in [1.807, 2.05) is 0 Å².